The molecule has 112 valence electrons. The summed E-state index contributed by atoms with van der Waals surface area (Å²) in [5.74, 6) is 0.870. The number of nitrogens with zero attached hydrogens (tertiary/aromatic N) is 2. The minimum Gasteiger partial charge on any atom is -0.494 e. The van der Waals surface area contributed by atoms with Crippen molar-refractivity contribution in [3.8, 4) is 11.4 Å². The fourth-order valence-electron chi connectivity index (χ4n) is 2.14. The summed E-state index contributed by atoms with van der Waals surface area (Å²) in [5, 5.41) is 4.32. The Morgan fingerprint density at radius 2 is 1.95 bits per heavy atom. The highest BCUT2D eigenvalue weighted by molar-refractivity contribution is 5.76. The molecule has 1 heterocycles. The molecule has 0 fully saturated rings. The molecule has 2 rings (SSSR count). The van der Waals surface area contributed by atoms with Crippen molar-refractivity contribution in [3.05, 3.63) is 41.7 Å². The van der Waals surface area contributed by atoms with Gasteiger partial charge in [0.2, 0.25) is 0 Å². The molecule has 0 saturated heterocycles. The van der Waals surface area contributed by atoms with Crippen molar-refractivity contribution in [3.63, 3.8) is 0 Å². The number of benzene rings is 1. The first-order chi connectivity index (χ1) is 10.2. The van der Waals surface area contributed by atoms with Gasteiger partial charge in [0.15, 0.2) is 6.29 Å². The number of hydrogen-bond donors (Lipinski definition) is 0. The van der Waals surface area contributed by atoms with Crippen LogP contribution >= 0.6 is 0 Å². The van der Waals surface area contributed by atoms with Gasteiger partial charge < -0.3 is 4.74 Å². The third-order valence-corrected chi connectivity index (χ3v) is 3.43. The lowest BCUT2D eigenvalue weighted by molar-refractivity contribution is 0.112. The first-order valence-electron chi connectivity index (χ1n) is 7.49. The van der Waals surface area contributed by atoms with Crippen molar-refractivity contribution in [1.29, 1.82) is 0 Å². The number of aromatic nitrogens is 2. The molecule has 0 atom stereocenters. The van der Waals surface area contributed by atoms with Crippen LogP contribution in [0.4, 0.5) is 0 Å². The van der Waals surface area contributed by atoms with Gasteiger partial charge in [0, 0.05) is 6.20 Å². The molecule has 0 radical (unpaired) electrons. The molecule has 1 aromatic carbocycles. The fraction of sp³-hybridized carbons (Fsp3) is 0.412. The molecule has 0 aliphatic heterocycles. The molecule has 1 aromatic heterocycles. The number of aldehydes is 1. The zero-order chi connectivity index (χ0) is 15.1. The van der Waals surface area contributed by atoms with Crippen LogP contribution in [0.2, 0.25) is 0 Å². The summed E-state index contributed by atoms with van der Waals surface area (Å²) in [7, 11) is 0. The first-order valence-corrected chi connectivity index (χ1v) is 7.49. The van der Waals surface area contributed by atoms with E-state index < -0.39 is 0 Å². The minimum absolute atomic E-state index is 0.617. The molecule has 0 bridgehead atoms. The van der Waals surface area contributed by atoms with E-state index in [0.717, 1.165) is 36.4 Å². The maximum atomic E-state index is 10.8. The summed E-state index contributed by atoms with van der Waals surface area (Å²) in [6.07, 6.45) is 7.38. The fourth-order valence-corrected chi connectivity index (χ4v) is 2.14. The molecule has 0 aliphatic carbocycles. The second-order valence-corrected chi connectivity index (χ2v) is 5.14. The van der Waals surface area contributed by atoms with Gasteiger partial charge in [-0.1, -0.05) is 26.2 Å². The molecule has 4 nitrogen and oxygen atoms in total. The van der Waals surface area contributed by atoms with Gasteiger partial charge in [-0.25, -0.2) is 4.68 Å². The second-order valence-electron chi connectivity index (χ2n) is 5.14. The molecule has 0 spiro atoms. The smallest absolute Gasteiger partial charge is 0.153 e. The standard InChI is InChI=1S/C17H22N2O2/c1-3-4-5-6-11-21-17-9-7-16(8-10-17)19-12-15(13-20)14(2)18-19/h7-10,12-13H,3-6,11H2,1-2H3. The van der Waals surface area contributed by atoms with Crippen molar-refractivity contribution >= 4 is 6.29 Å². The average Bonchev–Trinajstić information content (AvgIpc) is 2.89. The number of carbonyl (C=O) groups is 1. The van der Waals surface area contributed by atoms with Crippen LogP contribution in [0.1, 0.15) is 48.7 Å². The Morgan fingerprint density at radius 3 is 2.57 bits per heavy atom. The third-order valence-electron chi connectivity index (χ3n) is 3.43. The highest BCUT2D eigenvalue weighted by Gasteiger charge is 2.05. The van der Waals surface area contributed by atoms with Crippen molar-refractivity contribution in [2.24, 2.45) is 0 Å². The van der Waals surface area contributed by atoms with E-state index in [1.807, 2.05) is 31.2 Å². The highest BCUT2D eigenvalue weighted by Crippen LogP contribution is 2.16. The molecule has 4 heteroatoms. The molecule has 0 amide bonds. The van der Waals surface area contributed by atoms with E-state index in [2.05, 4.69) is 12.0 Å². The van der Waals surface area contributed by atoms with E-state index in [9.17, 15) is 4.79 Å². The van der Waals surface area contributed by atoms with Crippen molar-refractivity contribution < 1.29 is 9.53 Å². The lowest BCUT2D eigenvalue weighted by Crippen LogP contribution is -1.98. The Labute approximate surface area is 125 Å². The SMILES string of the molecule is CCCCCCOc1ccc(-n2cc(C=O)c(C)n2)cc1. The summed E-state index contributed by atoms with van der Waals surface area (Å²) >= 11 is 0. The number of hydrogen-bond acceptors (Lipinski definition) is 3. The second kappa shape index (κ2) is 7.62. The zero-order valence-corrected chi connectivity index (χ0v) is 12.7. The van der Waals surface area contributed by atoms with Crippen LogP contribution in [0.3, 0.4) is 0 Å². The molecule has 2 aromatic rings. The van der Waals surface area contributed by atoms with Crippen molar-refractivity contribution in [2.45, 2.75) is 39.5 Å². The lowest BCUT2D eigenvalue weighted by atomic mass is 10.2. The number of rotatable bonds is 8. The van der Waals surface area contributed by atoms with E-state index >= 15 is 0 Å². The van der Waals surface area contributed by atoms with Crippen LogP contribution < -0.4 is 4.74 Å². The monoisotopic (exact) mass is 286 g/mol. The summed E-state index contributed by atoms with van der Waals surface area (Å²) in [5.41, 5.74) is 2.28. The number of unbranched alkanes of at least 4 members (excludes halogenated alkanes) is 3. The van der Waals surface area contributed by atoms with Crippen LogP contribution in [-0.4, -0.2) is 22.7 Å². The summed E-state index contributed by atoms with van der Waals surface area (Å²) in [6.45, 7) is 4.79. The third kappa shape index (κ3) is 4.18. The quantitative estimate of drug-likeness (QED) is 0.545. The van der Waals surface area contributed by atoms with Gasteiger partial charge in [0.1, 0.15) is 5.75 Å². The lowest BCUT2D eigenvalue weighted by Gasteiger charge is -2.07. The van der Waals surface area contributed by atoms with Crippen LogP contribution in [0, 0.1) is 6.92 Å². The van der Waals surface area contributed by atoms with Gasteiger partial charge in [-0.15, -0.1) is 0 Å². The largest absolute Gasteiger partial charge is 0.494 e. The Kier molecular flexibility index (Phi) is 5.55. The molecule has 0 N–H and O–H groups in total. The van der Waals surface area contributed by atoms with Crippen LogP contribution in [0.25, 0.3) is 5.69 Å². The van der Waals surface area contributed by atoms with Gasteiger partial charge in [0.05, 0.1) is 23.6 Å². The number of ether oxygens (including phenoxy) is 1. The van der Waals surface area contributed by atoms with Crippen LogP contribution in [0.5, 0.6) is 5.75 Å². The Hall–Kier alpha value is -2.10. The van der Waals surface area contributed by atoms with Crippen molar-refractivity contribution in [1.82, 2.24) is 9.78 Å². The van der Waals surface area contributed by atoms with Gasteiger partial charge in [0.25, 0.3) is 0 Å². The molecule has 0 unspecified atom stereocenters. The van der Waals surface area contributed by atoms with Crippen LogP contribution in [-0.2, 0) is 0 Å². The van der Waals surface area contributed by atoms with E-state index in [1.54, 1.807) is 10.9 Å². The summed E-state index contributed by atoms with van der Waals surface area (Å²) in [4.78, 5) is 10.8. The molecule has 0 aliphatic rings. The Bertz CT molecular complexity index is 573. The topological polar surface area (TPSA) is 44.1 Å². The minimum atomic E-state index is 0.617. The maximum Gasteiger partial charge on any atom is 0.153 e. The zero-order valence-electron chi connectivity index (χ0n) is 12.7. The first kappa shape index (κ1) is 15.3. The van der Waals surface area contributed by atoms with Crippen LogP contribution in [0.15, 0.2) is 30.5 Å². The summed E-state index contributed by atoms with van der Waals surface area (Å²) < 4.78 is 7.42. The predicted octanol–water partition coefficient (Wildman–Crippen LogP) is 3.95. The van der Waals surface area contributed by atoms with E-state index in [1.165, 1.54) is 19.3 Å². The normalized spacial score (nSPS) is 10.6. The van der Waals surface area contributed by atoms with Gasteiger partial charge in [-0.05, 0) is 37.6 Å². The molecule has 21 heavy (non-hydrogen) atoms. The highest BCUT2D eigenvalue weighted by atomic mass is 16.5. The van der Waals surface area contributed by atoms with E-state index in [4.69, 9.17) is 4.74 Å². The summed E-state index contributed by atoms with van der Waals surface area (Å²) in [6, 6.07) is 7.77. The predicted molar refractivity (Wildman–Crippen MR) is 83.3 cm³/mol. The molecule has 0 saturated carbocycles. The molecular formula is C17H22N2O2. The number of aryl methyl sites for hydroxylation is 1. The number of carbonyl (C=O) groups excluding carboxylic acids is 1. The van der Waals surface area contributed by atoms with E-state index in [0.29, 0.717) is 5.56 Å². The molecular weight excluding hydrogens is 264 g/mol. The Balaban J connectivity index is 1.93. The van der Waals surface area contributed by atoms with Gasteiger partial charge in [-0.3, -0.25) is 4.79 Å². The Morgan fingerprint density at radius 1 is 1.19 bits per heavy atom. The van der Waals surface area contributed by atoms with Crippen molar-refractivity contribution in [2.75, 3.05) is 6.61 Å². The van der Waals surface area contributed by atoms with E-state index in [-0.39, 0.29) is 0 Å². The van der Waals surface area contributed by atoms with Gasteiger partial charge >= 0.3 is 0 Å². The average molecular weight is 286 g/mol. The maximum absolute atomic E-state index is 10.8. The van der Waals surface area contributed by atoms with Gasteiger partial charge in [-0.2, -0.15) is 5.10 Å².